The van der Waals surface area contributed by atoms with E-state index in [1.165, 1.54) is 38.6 Å². The van der Waals surface area contributed by atoms with Crippen molar-refractivity contribution >= 4 is 11.5 Å². The lowest BCUT2D eigenvalue weighted by atomic mass is 10.1. The fraction of sp³-hybridized carbons (Fsp3) is 0.458. The SMILES string of the molecule is CCCCCCCN1CCN(C2=Nc3ccccc3Oc3ccccc32)CC1. The average molecular weight is 378 g/mol. The topological polar surface area (TPSA) is 28.1 Å². The highest BCUT2D eigenvalue weighted by Gasteiger charge is 2.25. The van der Waals surface area contributed by atoms with Gasteiger partial charge in [-0.2, -0.15) is 0 Å². The van der Waals surface area contributed by atoms with E-state index in [0.717, 1.165) is 54.8 Å². The van der Waals surface area contributed by atoms with Crippen molar-refractivity contribution in [2.45, 2.75) is 39.0 Å². The number of aliphatic imine (C=N–C) groups is 1. The van der Waals surface area contributed by atoms with Crippen LogP contribution in [0.3, 0.4) is 0 Å². The molecule has 0 unspecified atom stereocenters. The molecule has 148 valence electrons. The summed E-state index contributed by atoms with van der Waals surface area (Å²) in [5.74, 6) is 2.77. The van der Waals surface area contributed by atoms with E-state index in [2.05, 4.69) is 28.9 Å². The van der Waals surface area contributed by atoms with Gasteiger partial charge in [-0.05, 0) is 37.2 Å². The van der Waals surface area contributed by atoms with Gasteiger partial charge >= 0.3 is 0 Å². The highest BCUT2D eigenvalue weighted by atomic mass is 16.5. The number of rotatable bonds is 6. The summed E-state index contributed by atoms with van der Waals surface area (Å²) in [7, 11) is 0. The fourth-order valence-electron chi connectivity index (χ4n) is 4.03. The molecule has 0 amide bonds. The van der Waals surface area contributed by atoms with Crippen molar-refractivity contribution in [3.05, 3.63) is 54.1 Å². The minimum absolute atomic E-state index is 0.829. The van der Waals surface area contributed by atoms with Crippen molar-refractivity contribution in [2.24, 2.45) is 4.99 Å². The van der Waals surface area contributed by atoms with Crippen LogP contribution in [0.4, 0.5) is 5.69 Å². The normalized spacial score (nSPS) is 16.6. The molecule has 4 heteroatoms. The summed E-state index contributed by atoms with van der Waals surface area (Å²) in [5, 5.41) is 0. The molecular weight excluding hydrogens is 346 g/mol. The molecule has 0 atom stereocenters. The first-order valence-corrected chi connectivity index (χ1v) is 10.8. The number of piperazine rings is 1. The zero-order valence-electron chi connectivity index (χ0n) is 16.9. The van der Waals surface area contributed by atoms with Crippen LogP contribution < -0.4 is 4.74 Å². The van der Waals surface area contributed by atoms with Crippen molar-refractivity contribution in [3.63, 3.8) is 0 Å². The van der Waals surface area contributed by atoms with Gasteiger partial charge in [0.25, 0.3) is 0 Å². The summed E-state index contributed by atoms with van der Waals surface area (Å²) in [6.07, 6.45) is 6.75. The Balaban J connectivity index is 1.45. The van der Waals surface area contributed by atoms with Gasteiger partial charge in [0, 0.05) is 26.2 Å². The molecule has 0 aromatic heterocycles. The second kappa shape index (κ2) is 9.24. The maximum Gasteiger partial charge on any atom is 0.153 e. The van der Waals surface area contributed by atoms with E-state index in [0.29, 0.717) is 0 Å². The lowest BCUT2D eigenvalue weighted by molar-refractivity contribution is 0.179. The van der Waals surface area contributed by atoms with Crippen LogP contribution in [-0.4, -0.2) is 48.4 Å². The summed E-state index contributed by atoms with van der Waals surface area (Å²) in [4.78, 5) is 10.1. The standard InChI is InChI=1S/C24H31N3O/c1-2-3-4-5-10-15-26-16-18-27(19-17-26)24-20-11-6-8-13-22(20)28-23-14-9-7-12-21(23)25-24/h6-9,11-14H,2-5,10,15-19H2,1H3. The highest BCUT2D eigenvalue weighted by molar-refractivity contribution is 6.03. The molecule has 0 radical (unpaired) electrons. The molecule has 28 heavy (non-hydrogen) atoms. The predicted octanol–water partition coefficient (Wildman–Crippen LogP) is 5.46. The molecule has 0 saturated carbocycles. The Hall–Kier alpha value is -2.33. The lowest BCUT2D eigenvalue weighted by Gasteiger charge is -2.36. The average Bonchev–Trinajstić information content (AvgIpc) is 2.91. The summed E-state index contributed by atoms with van der Waals surface area (Å²) in [6, 6.07) is 16.3. The van der Waals surface area contributed by atoms with Gasteiger partial charge in [0.15, 0.2) is 5.75 Å². The maximum atomic E-state index is 6.18. The number of benzene rings is 2. The molecule has 2 aliphatic heterocycles. The third kappa shape index (κ3) is 4.39. The third-order valence-electron chi connectivity index (χ3n) is 5.69. The Morgan fingerprint density at radius 2 is 1.54 bits per heavy atom. The van der Waals surface area contributed by atoms with Gasteiger partial charge in [0.1, 0.15) is 17.3 Å². The molecule has 2 aromatic carbocycles. The van der Waals surface area contributed by atoms with Crippen LogP contribution in [0, 0.1) is 0 Å². The van der Waals surface area contributed by atoms with E-state index >= 15 is 0 Å². The van der Waals surface area contributed by atoms with E-state index < -0.39 is 0 Å². The number of ether oxygens (including phenoxy) is 1. The molecule has 2 heterocycles. The summed E-state index contributed by atoms with van der Waals surface area (Å²) in [6.45, 7) is 7.76. The molecular formula is C24H31N3O. The quantitative estimate of drug-likeness (QED) is 0.626. The van der Waals surface area contributed by atoms with Crippen LogP contribution in [0.5, 0.6) is 11.5 Å². The number of para-hydroxylation sites is 3. The van der Waals surface area contributed by atoms with Crippen LogP contribution in [0.15, 0.2) is 53.5 Å². The van der Waals surface area contributed by atoms with Gasteiger partial charge in [0.05, 0.1) is 5.56 Å². The Kier molecular flexibility index (Phi) is 6.27. The molecule has 0 spiro atoms. The zero-order valence-corrected chi connectivity index (χ0v) is 16.9. The number of fused-ring (bicyclic) bond motifs is 2. The predicted molar refractivity (Wildman–Crippen MR) is 116 cm³/mol. The van der Waals surface area contributed by atoms with E-state index in [9.17, 15) is 0 Å². The van der Waals surface area contributed by atoms with Gasteiger partial charge in [0.2, 0.25) is 0 Å². The van der Waals surface area contributed by atoms with Crippen molar-refractivity contribution in [1.29, 1.82) is 0 Å². The summed E-state index contributed by atoms with van der Waals surface area (Å²) < 4.78 is 6.18. The molecule has 0 bridgehead atoms. The molecule has 0 aliphatic carbocycles. The van der Waals surface area contributed by atoms with Gasteiger partial charge in [-0.3, -0.25) is 4.90 Å². The van der Waals surface area contributed by atoms with Gasteiger partial charge in [-0.25, -0.2) is 4.99 Å². The molecule has 4 nitrogen and oxygen atoms in total. The Bertz CT molecular complexity index is 809. The summed E-state index contributed by atoms with van der Waals surface area (Å²) in [5.41, 5.74) is 2.00. The second-order valence-electron chi connectivity index (χ2n) is 7.74. The van der Waals surface area contributed by atoms with Crippen molar-refractivity contribution < 1.29 is 4.74 Å². The van der Waals surface area contributed by atoms with E-state index in [1.807, 2.05) is 36.4 Å². The minimum atomic E-state index is 0.829. The smallest absolute Gasteiger partial charge is 0.153 e. The fourth-order valence-corrected chi connectivity index (χ4v) is 4.03. The van der Waals surface area contributed by atoms with Crippen LogP contribution in [0.1, 0.15) is 44.6 Å². The van der Waals surface area contributed by atoms with Crippen molar-refractivity contribution in [1.82, 2.24) is 9.80 Å². The highest BCUT2D eigenvalue weighted by Crippen LogP contribution is 2.37. The molecule has 1 fully saturated rings. The Labute approximate surface area is 168 Å². The first-order valence-electron chi connectivity index (χ1n) is 10.8. The van der Waals surface area contributed by atoms with E-state index in [-0.39, 0.29) is 0 Å². The van der Waals surface area contributed by atoms with Gasteiger partial charge in [-0.1, -0.05) is 56.9 Å². The van der Waals surface area contributed by atoms with E-state index in [4.69, 9.17) is 9.73 Å². The Morgan fingerprint density at radius 1 is 0.821 bits per heavy atom. The number of amidine groups is 1. The van der Waals surface area contributed by atoms with Crippen LogP contribution in [0.25, 0.3) is 0 Å². The minimum Gasteiger partial charge on any atom is -0.454 e. The van der Waals surface area contributed by atoms with Crippen molar-refractivity contribution in [2.75, 3.05) is 32.7 Å². The maximum absolute atomic E-state index is 6.18. The van der Waals surface area contributed by atoms with Crippen LogP contribution in [-0.2, 0) is 0 Å². The number of nitrogens with zero attached hydrogens (tertiary/aromatic N) is 3. The monoisotopic (exact) mass is 377 g/mol. The first kappa shape index (κ1) is 19.0. The first-order chi connectivity index (χ1) is 13.8. The molecule has 2 aromatic rings. The molecule has 2 aliphatic rings. The Morgan fingerprint density at radius 3 is 2.36 bits per heavy atom. The third-order valence-corrected chi connectivity index (χ3v) is 5.69. The number of unbranched alkanes of at least 4 members (excludes halogenated alkanes) is 4. The molecule has 1 saturated heterocycles. The lowest BCUT2D eigenvalue weighted by Crippen LogP contribution is -2.49. The van der Waals surface area contributed by atoms with Crippen LogP contribution in [0.2, 0.25) is 0 Å². The number of hydrogen-bond donors (Lipinski definition) is 0. The largest absolute Gasteiger partial charge is 0.454 e. The van der Waals surface area contributed by atoms with Crippen molar-refractivity contribution in [3.8, 4) is 11.5 Å². The van der Waals surface area contributed by atoms with Crippen LogP contribution >= 0.6 is 0 Å². The summed E-state index contributed by atoms with van der Waals surface area (Å²) >= 11 is 0. The van der Waals surface area contributed by atoms with Gasteiger partial charge < -0.3 is 9.64 Å². The number of hydrogen-bond acceptors (Lipinski definition) is 4. The van der Waals surface area contributed by atoms with E-state index in [1.54, 1.807) is 0 Å². The van der Waals surface area contributed by atoms with Gasteiger partial charge in [-0.15, -0.1) is 0 Å². The second-order valence-corrected chi connectivity index (χ2v) is 7.74. The zero-order chi connectivity index (χ0) is 19.2. The molecule has 0 N–H and O–H groups in total. The molecule has 4 rings (SSSR count).